The summed E-state index contributed by atoms with van der Waals surface area (Å²) in [5.41, 5.74) is 3.13. The Balaban J connectivity index is 1.93. The Bertz CT molecular complexity index is 765. The predicted octanol–water partition coefficient (Wildman–Crippen LogP) is 2.30. The van der Waals surface area contributed by atoms with Crippen LogP contribution in [0.5, 0.6) is 0 Å². The molecule has 0 spiro atoms. The molecule has 1 N–H and O–H groups in total. The minimum absolute atomic E-state index is 0.116. The molecule has 0 unspecified atom stereocenters. The summed E-state index contributed by atoms with van der Waals surface area (Å²) in [5.74, 6) is 0. The van der Waals surface area contributed by atoms with Crippen molar-refractivity contribution in [1.82, 2.24) is 4.31 Å². The van der Waals surface area contributed by atoms with Gasteiger partial charge in [0.2, 0.25) is 0 Å². The maximum Gasteiger partial charge on any atom is 0.252 e. The van der Waals surface area contributed by atoms with E-state index in [0.29, 0.717) is 22.2 Å². The van der Waals surface area contributed by atoms with Gasteiger partial charge in [0.15, 0.2) is 0 Å². The Kier molecular flexibility index (Phi) is 3.88. The molecule has 0 aliphatic carbocycles. The standard InChI is InChI=1S/C15H17NO3S2/c1-11-8-15(20-14(11)10-17)21(18,19)16-7-6-12-4-2-3-5-13(12)9-16/h2-5,8,17H,6-7,9-10H2,1H3. The number of hydrogen-bond acceptors (Lipinski definition) is 4. The van der Waals surface area contributed by atoms with Crippen LogP contribution < -0.4 is 0 Å². The molecule has 4 nitrogen and oxygen atoms in total. The SMILES string of the molecule is Cc1cc(S(=O)(=O)N2CCc3ccccc3C2)sc1CO. The third-order valence-corrected chi connectivity index (χ3v) is 7.35. The summed E-state index contributed by atoms with van der Waals surface area (Å²) in [6.45, 7) is 2.64. The summed E-state index contributed by atoms with van der Waals surface area (Å²) in [7, 11) is -3.48. The maximum absolute atomic E-state index is 12.7. The van der Waals surface area contributed by atoms with E-state index >= 15 is 0 Å². The van der Waals surface area contributed by atoms with Gasteiger partial charge in [-0.3, -0.25) is 0 Å². The summed E-state index contributed by atoms with van der Waals surface area (Å²) in [4.78, 5) is 0.714. The van der Waals surface area contributed by atoms with E-state index in [1.807, 2.05) is 25.1 Å². The van der Waals surface area contributed by atoms with Gasteiger partial charge in [-0.2, -0.15) is 4.31 Å². The average molecular weight is 323 g/mol. The topological polar surface area (TPSA) is 57.6 Å². The van der Waals surface area contributed by atoms with Gasteiger partial charge in [-0.1, -0.05) is 24.3 Å². The Morgan fingerprint density at radius 2 is 2.00 bits per heavy atom. The molecule has 0 bridgehead atoms. The minimum atomic E-state index is -3.48. The van der Waals surface area contributed by atoms with Crippen molar-refractivity contribution in [2.75, 3.05) is 6.54 Å². The highest BCUT2D eigenvalue weighted by Crippen LogP contribution is 2.31. The highest BCUT2D eigenvalue weighted by atomic mass is 32.2. The minimum Gasteiger partial charge on any atom is -0.391 e. The number of hydrogen-bond donors (Lipinski definition) is 1. The number of aliphatic hydroxyl groups excluding tert-OH is 1. The molecule has 0 amide bonds. The molecule has 0 radical (unpaired) electrons. The Morgan fingerprint density at radius 1 is 1.29 bits per heavy atom. The Morgan fingerprint density at radius 3 is 2.67 bits per heavy atom. The van der Waals surface area contributed by atoms with Gasteiger partial charge in [0.25, 0.3) is 10.0 Å². The summed E-state index contributed by atoms with van der Waals surface area (Å²) in [6, 6.07) is 9.62. The van der Waals surface area contributed by atoms with E-state index in [4.69, 9.17) is 0 Å². The Hall–Kier alpha value is -1.21. The second kappa shape index (κ2) is 5.53. The quantitative estimate of drug-likeness (QED) is 0.943. The van der Waals surface area contributed by atoms with Gasteiger partial charge in [0.05, 0.1) is 6.61 Å². The van der Waals surface area contributed by atoms with E-state index in [0.717, 1.165) is 28.9 Å². The van der Waals surface area contributed by atoms with E-state index < -0.39 is 10.0 Å². The number of fused-ring (bicyclic) bond motifs is 1. The van der Waals surface area contributed by atoms with Gasteiger partial charge in [0, 0.05) is 18.0 Å². The number of aryl methyl sites for hydroxylation is 1. The second-order valence-electron chi connectivity index (χ2n) is 5.19. The predicted molar refractivity (Wildman–Crippen MR) is 82.7 cm³/mol. The van der Waals surface area contributed by atoms with Gasteiger partial charge in [-0.05, 0) is 36.1 Å². The molecular formula is C15H17NO3S2. The van der Waals surface area contributed by atoms with E-state index in [1.54, 1.807) is 6.07 Å². The van der Waals surface area contributed by atoms with Crippen molar-refractivity contribution in [3.8, 4) is 0 Å². The zero-order valence-corrected chi connectivity index (χ0v) is 13.4. The molecule has 3 rings (SSSR count). The largest absolute Gasteiger partial charge is 0.391 e. The fourth-order valence-corrected chi connectivity index (χ4v) is 5.60. The number of aliphatic hydroxyl groups is 1. The first kappa shape index (κ1) is 14.7. The first-order valence-corrected chi connectivity index (χ1v) is 9.05. The van der Waals surface area contributed by atoms with Gasteiger partial charge in [-0.15, -0.1) is 11.3 Å². The van der Waals surface area contributed by atoms with E-state index in [-0.39, 0.29) is 6.61 Å². The molecule has 0 fully saturated rings. The van der Waals surface area contributed by atoms with Crippen LogP contribution in [0.4, 0.5) is 0 Å². The van der Waals surface area contributed by atoms with Crippen LogP contribution >= 0.6 is 11.3 Å². The molecule has 112 valence electrons. The van der Waals surface area contributed by atoms with E-state index in [2.05, 4.69) is 6.07 Å². The van der Waals surface area contributed by atoms with Crippen LogP contribution in [0.2, 0.25) is 0 Å². The van der Waals surface area contributed by atoms with Crippen molar-refractivity contribution in [3.63, 3.8) is 0 Å². The summed E-state index contributed by atoms with van der Waals surface area (Å²) < 4.78 is 27.3. The summed E-state index contributed by atoms with van der Waals surface area (Å²) in [5, 5.41) is 9.24. The molecule has 2 heterocycles. The zero-order valence-electron chi connectivity index (χ0n) is 11.7. The first-order chi connectivity index (χ1) is 10.0. The van der Waals surface area contributed by atoms with Crippen LogP contribution in [-0.2, 0) is 29.6 Å². The van der Waals surface area contributed by atoms with Crippen molar-refractivity contribution >= 4 is 21.4 Å². The molecule has 21 heavy (non-hydrogen) atoms. The van der Waals surface area contributed by atoms with Gasteiger partial charge < -0.3 is 5.11 Å². The third kappa shape index (κ3) is 2.64. The molecule has 2 aromatic rings. The number of rotatable bonds is 3. The normalized spacial score (nSPS) is 15.9. The first-order valence-electron chi connectivity index (χ1n) is 6.79. The van der Waals surface area contributed by atoms with Crippen LogP contribution in [0.3, 0.4) is 0 Å². The van der Waals surface area contributed by atoms with Crippen LogP contribution in [0, 0.1) is 6.92 Å². The molecule has 1 aliphatic rings. The fourth-order valence-electron chi connectivity index (χ4n) is 2.57. The van der Waals surface area contributed by atoms with Crippen LogP contribution in [0.25, 0.3) is 0 Å². The lowest BCUT2D eigenvalue weighted by molar-refractivity contribution is 0.285. The van der Waals surface area contributed by atoms with Gasteiger partial charge in [-0.25, -0.2) is 8.42 Å². The summed E-state index contributed by atoms with van der Waals surface area (Å²) in [6.07, 6.45) is 0.743. The molecule has 1 aromatic heterocycles. The molecule has 1 aromatic carbocycles. The molecule has 0 atom stereocenters. The third-order valence-electron chi connectivity index (χ3n) is 3.83. The Labute approximate surface area is 128 Å². The average Bonchev–Trinajstić information content (AvgIpc) is 2.88. The maximum atomic E-state index is 12.7. The highest BCUT2D eigenvalue weighted by molar-refractivity contribution is 7.91. The van der Waals surface area contributed by atoms with Crippen molar-refractivity contribution in [1.29, 1.82) is 0 Å². The van der Waals surface area contributed by atoms with E-state index in [9.17, 15) is 13.5 Å². The zero-order chi connectivity index (χ0) is 15.0. The lowest BCUT2D eigenvalue weighted by atomic mass is 10.0. The molecule has 6 heteroatoms. The fraction of sp³-hybridized carbons (Fsp3) is 0.333. The number of thiophene rings is 1. The molecular weight excluding hydrogens is 306 g/mol. The smallest absolute Gasteiger partial charge is 0.252 e. The number of sulfonamides is 1. The molecule has 1 aliphatic heterocycles. The monoisotopic (exact) mass is 323 g/mol. The van der Waals surface area contributed by atoms with Gasteiger partial charge >= 0.3 is 0 Å². The summed E-state index contributed by atoms with van der Waals surface area (Å²) >= 11 is 1.16. The molecule has 0 saturated heterocycles. The van der Waals surface area contributed by atoms with Gasteiger partial charge in [0.1, 0.15) is 4.21 Å². The number of nitrogens with zero attached hydrogens (tertiary/aromatic N) is 1. The van der Waals surface area contributed by atoms with Crippen molar-refractivity contribution in [2.24, 2.45) is 0 Å². The number of benzene rings is 1. The lowest BCUT2D eigenvalue weighted by Gasteiger charge is -2.27. The van der Waals surface area contributed by atoms with E-state index in [1.165, 1.54) is 9.87 Å². The lowest BCUT2D eigenvalue weighted by Crippen LogP contribution is -2.35. The van der Waals surface area contributed by atoms with Crippen LogP contribution in [-0.4, -0.2) is 24.4 Å². The van der Waals surface area contributed by atoms with Crippen molar-refractivity contribution < 1.29 is 13.5 Å². The highest BCUT2D eigenvalue weighted by Gasteiger charge is 2.29. The second-order valence-corrected chi connectivity index (χ2v) is 8.49. The van der Waals surface area contributed by atoms with Crippen LogP contribution in [0.15, 0.2) is 34.5 Å². The van der Waals surface area contributed by atoms with Crippen LogP contribution in [0.1, 0.15) is 21.6 Å². The van der Waals surface area contributed by atoms with Crippen molar-refractivity contribution in [3.05, 3.63) is 51.9 Å². The molecule has 0 saturated carbocycles. The van der Waals surface area contributed by atoms with Crippen molar-refractivity contribution in [2.45, 2.75) is 30.7 Å².